The third kappa shape index (κ3) is 3.00. The van der Waals surface area contributed by atoms with Crippen LogP contribution in [0.5, 0.6) is 0 Å². The molecule has 0 N–H and O–H groups in total. The molecule has 2 aromatic rings. The zero-order valence-corrected chi connectivity index (χ0v) is 12.1. The highest BCUT2D eigenvalue weighted by Gasteiger charge is 2.17. The van der Waals surface area contributed by atoms with Crippen LogP contribution < -0.4 is 0 Å². The molecular formula is C15H12BrF3. The van der Waals surface area contributed by atoms with Crippen molar-refractivity contribution < 1.29 is 13.2 Å². The molecule has 0 aliphatic heterocycles. The van der Waals surface area contributed by atoms with Crippen molar-refractivity contribution in [3.05, 3.63) is 70.0 Å². The minimum atomic E-state index is -0.628. The number of rotatable bonds is 2. The standard InChI is InChI=1S/C15H12BrF3/c1-8-3-11(17)4-9(2)14(8)15(16)10-5-12(18)7-13(19)6-10/h3-7,15H,1-2H3. The topological polar surface area (TPSA) is 0 Å². The molecule has 0 spiro atoms. The SMILES string of the molecule is Cc1cc(F)cc(C)c1C(Br)c1cc(F)cc(F)c1. The molecule has 4 heteroatoms. The van der Waals surface area contributed by atoms with Gasteiger partial charge in [-0.1, -0.05) is 15.9 Å². The molecule has 19 heavy (non-hydrogen) atoms. The summed E-state index contributed by atoms with van der Waals surface area (Å²) in [7, 11) is 0. The van der Waals surface area contributed by atoms with E-state index in [1.54, 1.807) is 13.8 Å². The molecular weight excluding hydrogens is 317 g/mol. The van der Waals surface area contributed by atoms with Crippen molar-refractivity contribution in [3.8, 4) is 0 Å². The van der Waals surface area contributed by atoms with E-state index >= 15 is 0 Å². The quantitative estimate of drug-likeness (QED) is 0.664. The molecule has 0 radical (unpaired) electrons. The van der Waals surface area contributed by atoms with Crippen LogP contribution >= 0.6 is 15.9 Å². The van der Waals surface area contributed by atoms with E-state index in [1.165, 1.54) is 24.3 Å². The molecule has 2 aromatic carbocycles. The van der Waals surface area contributed by atoms with E-state index in [0.29, 0.717) is 5.56 Å². The highest BCUT2D eigenvalue weighted by atomic mass is 79.9. The van der Waals surface area contributed by atoms with Crippen LogP contribution in [0.15, 0.2) is 30.3 Å². The van der Waals surface area contributed by atoms with Crippen LogP contribution in [0.25, 0.3) is 0 Å². The van der Waals surface area contributed by atoms with E-state index in [1.807, 2.05) is 0 Å². The number of benzene rings is 2. The van der Waals surface area contributed by atoms with E-state index in [0.717, 1.165) is 22.8 Å². The van der Waals surface area contributed by atoms with Crippen LogP contribution in [0.4, 0.5) is 13.2 Å². The van der Waals surface area contributed by atoms with Crippen LogP contribution in [0.3, 0.4) is 0 Å². The highest BCUT2D eigenvalue weighted by molar-refractivity contribution is 9.09. The number of alkyl halides is 1. The molecule has 0 aliphatic carbocycles. The normalized spacial score (nSPS) is 12.5. The Morgan fingerprint density at radius 2 is 1.21 bits per heavy atom. The summed E-state index contributed by atoms with van der Waals surface area (Å²) in [5, 5.41) is 0. The van der Waals surface area contributed by atoms with E-state index in [2.05, 4.69) is 15.9 Å². The third-order valence-electron chi connectivity index (χ3n) is 2.99. The van der Waals surface area contributed by atoms with E-state index < -0.39 is 11.6 Å². The lowest BCUT2D eigenvalue weighted by Crippen LogP contribution is -2.01. The lowest BCUT2D eigenvalue weighted by molar-refractivity contribution is 0.580. The summed E-state index contributed by atoms with van der Waals surface area (Å²) in [5.74, 6) is -1.57. The highest BCUT2D eigenvalue weighted by Crippen LogP contribution is 2.35. The molecule has 0 bridgehead atoms. The number of halogens is 4. The van der Waals surface area contributed by atoms with Gasteiger partial charge >= 0.3 is 0 Å². The first-order chi connectivity index (χ1) is 8.88. The first-order valence-corrected chi connectivity index (χ1v) is 6.66. The first kappa shape index (κ1) is 14.1. The molecule has 0 nitrogen and oxygen atoms in total. The second-order valence-corrected chi connectivity index (χ2v) is 5.43. The summed E-state index contributed by atoms with van der Waals surface area (Å²) in [4.78, 5) is -0.377. The van der Waals surface area contributed by atoms with E-state index in [9.17, 15) is 13.2 Å². The second kappa shape index (κ2) is 5.37. The Hall–Kier alpha value is -1.29. The molecule has 100 valence electrons. The Morgan fingerprint density at radius 3 is 1.68 bits per heavy atom. The van der Waals surface area contributed by atoms with Crippen molar-refractivity contribution in [3.63, 3.8) is 0 Å². The van der Waals surface area contributed by atoms with Gasteiger partial charge in [0.2, 0.25) is 0 Å². The van der Waals surface area contributed by atoms with Crippen LogP contribution in [0.1, 0.15) is 27.1 Å². The molecule has 1 unspecified atom stereocenters. The van der Waals surface area contributed by atoms with E-state index in [-0.39, 0.29) is 10.6 Å². The van der Waals surface area contributed by atoms with Gasteiger partial charge in [0, 0.05) is 6.07 Å². The Kier molecular flexibility index (Phi) is 3.99. The number of hydrogen-bond donors (Lipinski definition) is 0. The van der Waals surface area contributed by atoms with Gasteiger partial charge in [-0.2, -0.15) is 0 Å². The third-order valence-corrected chi connectivity index (χ3v) is 3.98. The minimum Gasteiger partial charge on any atom is -0.207 e. The molecule has 0 fully saturated rings. The average molecular weight is 329 g/mol. The molecule has 0 heterocycles. The van der Waals surface area contributed by atoms with Crippen molar-refractivity contribution in [2.75, 3.05) is 0 Å². The molecule has 0 saturated heterocycles. The lowest BCUT2D eigenvalue weighted by Gasteiger charge is -2.17. The van der Waals surface area contributed by atoms with Gasteiger partial charge in [0.15, 0.2) is 0 Å². The molecule has 1 atom stereocenters. The van der Waals surface area contributed by atoms with Gasteiger partial charge < -0.3 is 0 Å². The van der Waals surface area contributed by atoms with Gasteiger partial charge in [-0.3, -0.25) is 0 Å². The fourth-order valence-corrected chi connectivity index (χ4v) is 3.20. The summed E-state index contributed by atoms with van der Waals surface area (Å²) in [6.07, 6.45) is 0. The zero-order valence-electron chi connectivity index (χ0n) is 10.5. The van der Waals surface area contributed by atoms with Crippen molar-refractivity contribution in [2.24, 2.45) is 0 Å². The summed E-state index contributed by atoms with van der Waals surface area (Å²) in [5.41, 5.74) is 2.77. The van der Waals surface area contributed by atoms with Crippen molar-refractivity contribution in [1.29, 1.82) is 0 Å². The van der Waals surface area contributed by atoms with E-state index in [4.69, 9.17) is 0 Å². The fraction of sp³-hybridized carbons (Fsp3) is 0.200. The molecule has 0 aromatic heterocycles. The summed E-state index contributed by atoms with van der Waals surface area (Å²) >= 11 is 3.43. The lowest BCUT2D eigenvalue weighted by atomic mass is 9.95. The number of aryl methyl sites for hydroxylation is 2. The second-order valence-electron chi connectivity index (χ2n) is 4.52. The maximum absolute atomic E-state index is 13.3. The van der Waals surface area contributed by atoms with Gasteiger partial charge in [0.05, 0.1) is 4.83 Å². The van der Waals surface area contributed by atoms with Gasteiger partial charge in [-0.05, 0) is 60.4 Å². The predicted octanol–water partition coefficient (Wildman–Crippen LogP) is 5.21. The minimum absolute atomic E-state index is 0.316. The van der Waals surface area contributed by atoms with Crippen molar-refractivity contribution in [2.45, 2.75) is 18.7 Å². The Morgan fingerprint density at radius 1 is 0.789 bits per heavy atom. The smallest absolute Gasteiger partial charge is 0.126 e. The van der Waals surface area contributed by atoms with Gasteiger partial charge in [0.25, 0.3) is 0 Å². The maximum Gasteiger partial charge on any atom is 0.126 e. The van der Waals surface area contributed by atoms with Gasteiger partial charge in [0.1, 0.15) is 17.5 Å². The fourth-order valence-electron chi connectivity index (χ4n) is 2.21. The van der Waals surface area contributed by atoms with Crippen LogP contribution in [0.2, 0.25) is 0 Å². The summed E-state index contributed by atoms with van der Waals surface area (Å²) in [6.45, 7) is 3.55. The van der Waals surface area contributed by atoms with Crippen molar-refractivity contribution in [1.82, 2.24) is 0 Å². The van der Waals surface area contributed by atoms with Crippen LogP contribution in [-0.4, -0.2) is 0 Å². The Balaban J connectivity index is 2.52. The van der Waals surface area contributed by atoms with Crippen molar-refractivity contribution >= 4 is 15.9 Å². The average Bonchev–Trinajstić information content (AvgIpc) is 2.25. The molecule has 0 amide bonds. The van der Waals surface area contributed by atoms with Gasteiger partial charge in [-0.15, -0.1) is 0 Å². The maximum atomic E-state index is 13.3. The molecule has 2 rings (SSSR count). The number of hydrogen-bond acceptors (Lipinski definition) is 0. The predicted molar refractivity (Wildman–Crippen MR) is 73.0 cm³/mol. The Bertz CT molecular complexity index is 580. The van der Waals surface area contributed by atoms with Crippen LogP contribution in [0, 0.1) is 31.3 Å². The van der Waals surface area contributed by atoms with Gasteiger partial charge in [-0.25, -0.2) is 13.2 Å². The molecule has 0 aliphatic rings. The monoisotopic (exact) mass is 328 g/mol. The zero-order chi connectivity index (χ0) is 14.2. The first-order valence-electron chi connectivity index (χ1n) is 5.75. The summed E-state index contributed by atoms with van der Waals surface area (Å²) < 4.78 is 39.8. The summed E-state index contributed by atoms with van der Waals surface area (Å²) in [6, 6.07) is 6.18. The molecule has 0 saturated carbocycles. The Labute approximate surface area is 118 Å². The largest absolute Gasteiger partial charge is 0.207 e. The van der Waals surface area contributed by atoms with Crippen LogP contribution in [-0.2, 0) is 0 Å².